The van der Waals surface area contributed by atoms with Gasteiger partial charge in [0.05, 0.1) is 25.5 Å². The van der Waals surface area contributed by atoms with Crippen LogP contribution in [0, 0.1) is 5.92 Å². The monoisotopic (exact) mass is 480 g/mol. The molecule has 35 heavy (non-hydrogen) atoms. The van der Waals surface area contributed by atoms with E-state index in [1.165, 1.54) is 7.11 Å². The number of benzene rings is 2. The molecular weight excluding hydrogens is 444 g/mol. The van der Waals surface area contributed by atoms with Gasteiger partial charge >= 0.3 is 6.03 Å². The number of nitrogens with zero attached hydrogens (tertiary/aromatic N) is 2. The molecule has 2 N–H and O–H groups in total. The summed E-state index contributed by atoms with van der Waals surface area (Å²) in [5, 5.41) is 5.70. The molecule has 2 heterocycles. The van der Waals surface area contributed by atoms with E-state index < -0.39 is 6.03 Å². The second-order valence-corrected chi connectivity index (χ2v) is 9.40. The van der Waals surface area contributed by atoms with E-state index in [0.29, 0.717) is 34.4 Å². The zero-order valence-corrected chi connectivity index (χ0v) is 20.9. The van der Waals surface area contributed by atoms with Crippen molar-refractivity contribution in [2.75, 3.05) is 55.9 Å². The van der Waals surface area contributed by atoms with Gasteiger partial charge in [-0.2, -0.15) is 0 Å². The molecule has 188 valence electrons. The Hall–Kier alpha value is -3.42. The number of hydrogen-bond donors (Lipinski definition) is 2. The number of methoxy groups -OCH3 is 2. The molecule has 0 atom stereocenters. The highest BCUT2D eigenvalue weighted by molar-refractivity contribution is 6.04. The Morgan fingerprint density at radius 3 is 2.31 bits per heavy atom. The largest absolute Gasteiger partial charge is 0.497 e. The lowest BCUT2D eigenvalue weighted by atomic mass is 9.97. The first-order valence-corrected chi connectivity index (χ1v) is 12.5. The maximum Gasteiger partial charge on any atom is 0.323 e. The van der Waals surface area contributed by atoms with Gasteiger partial charge in [0.25, 0.3) is 5.91 Å². The Balaban J connectivity index is 1.55. The van der Waals surface area contributed by atoms with Crippen LogP contribution in [0.25, 0.3) is 0 Å². The Kier molecular flexibility index (Phi) is 8.00. The molecular formula is C27H36N4O4. The van der Waals surface area contributed by atoms with Crippen LogP contribution >= 0.6 is 0 Å². The standard InChI is InChI=1S/C27H36N4O4/c1-19-11-15-30(16-12-19)24-10-7-20(17-22(24)26(32)31-13-5-4-6-14-31)28-27(33)29-23-9-8-21(34-2)18-25(23)35-3/h7-10,17-19H,4-6,11-16H2,1-3H3,(H2,28,29,33). The molecule has 2 aromatic carbocycles. The number of amides is 3. The molecule has 0 spiro atoms. The maximum absolute atomic E-state index is 13.5. The quantitative estimate of drug-likeness (QED) is 0.593. The van der Waals surface area contributed by atoms with Crippen LogP contribution < -0.4 is 25.0 Å². The average molecular weight is 481 g/mol. The predicted molar refractivity (Wildman–Crippen MR) is 139 cm³/mol. The van der Waals surface area contributed by atoms with Gasteiger partial charge in [-0.15, -0.1) is 0 Å². The van der Waals surface area contributed by atoms with Crippen LogP contribution in [-0.4, -0.2) is 57.2 Å². The molecule has 2 saturated heterocycles. The van der Waals surface area contributed by atoms with Crippen molar-refractivity contribution in [3.63, 3.8) is 0 Å². The topological polar surface area (TPSA) is 83.1 Å². The van der Waals surface area contributed by atoms with Crippen molar-refractivity contribution in [1.29, 1.82) is 0 Å². The summed E-state index contributed by atoms with van der Waals surface area (Å²) in [5.41, 5.74) is 2.70. The van der Waals surface area contributed by atoms with Gasteiger partial charge in [0.2, 0.25) is 0 Å². The molecule has 4 rings (SSSR count). The molecule has 2 aliphatic rings. The summed E-state index contributed by atoms with van der Waals surface area (Å²) in [6.07, 6.45) is 5.46. The lowest BCUT2D eigenvalue weighted by molar-refractivity contribution is 0.0725. The highest BCUT2D eigenvalue weighted by Crippen LogP contribution is 2.31. The fourth-order valence-corrected chi connectivity index (χ4v) is 4.76. The number of rotatable bonds is 6. The Morgan fingerprint density at radius 1 is 0.886 bits per heavy atom. The molecule has 0 saturated carbocycles. The highest BCUT2D eigenvalue weighted by Gasteiger charge is 2.25. The molecule has 3 amide bonds. The van der Waals surface area contributed by atoms with Crippen LogP contribution in [0.4, 0.5) is 21.9 Å². The summed E-state index contributed by atoms with van der Waals surface area (Å²) in [6, 6.07) is 10.4. The van der Waals surface area contributed by atoms with Crippen LogP contribution in [0.1, 0.15) is 49.4 Å². The van der Waals surface area contributed by atoms with Crippen LogP contribution in [0.2, 0.25) is 0 Å². The van der Waals surface area contributed by atoms with Crippen molar-refractivity contribution in [3.8, 4) is 11.5 Å². The molecule has 0 aromatic heterocycles. The van der Waals surface area contributed by atoms with Crippen LogP contribution in [0.5, 0.6) is 11.5 Å². The number of hydrogen-bond acceptors (Lipinski definition) is 5. The van der Waals surface area contributed by atoms with E-state index in [-0.39, 0.29) is 5.91 Å². The molecule has 8 heteroatoms. The number of likely N-dealkylation sites (tertiary alicyclic amines) is 1. The first-order chi connectivity index (χ1) is 17.0. The summed E-state index contributed by atoms with van der Waals surface area (Å²) < 4.78 is 10.6. The van der Waals surface area contributed by atoms with E-state index in [4.69, 9.17) is 9.47 Å². The fraction of sp³-hybridized carbons (Fsp3) is 0.481. The van der Waals surface area contributed by atoms with E-state index in [1.807, 2.05) is 23.1 Å². The van der Waals surface area contributed by atoms with Gasteiger partial charge in [0, 0.05) is 43.6 Å². The van der Waals surface area contributed by atoms with Crippen molar-refractivity contribution in [2.45, 2.75) is 39.0 Å². The van der Waals surface area contributed by atoms with Crippen LogP contribution in [0.15, 0.2) is 36.4 Å². The van der Waals surface area contributed by atoms with E-state index in [2.05, 4.69) is 22.5 Å². The minimum Gasteiger partial charge on any atom is -0.497 e. The second kappa shape index (κ2) is 11.3. The molecule has 8 nitrogen and oxygen atoms in total. The highest BCUT2D eigenvalue weighted by atomic mass is 16.5. The number of anilines is 3. The third-order valence-corrected chi connectivity index (χ3v) is 6.91. The fourth-order valence-electron chi connectivity index (χ4n) is 4.76. The number of carbonyl (C=O) groups excluding carboxylic acids is 2. The van der Waals surface area contributed by atoms with Gasteiger partial charge in [0.1, 0.15) is 11.5 Å². The van der Waals surface area contributed by atoms with Crippen molar-refractivity contribution >= 4 is 29.0 Å². The van der Waals surface area contributed by atoms with Gasteiger partial charge < -0.3 is 29.9 Å². The zero-order chi connectivity index (χ0) is 24.8. The van der Waals surface area contributed by atoms with Gasteiger partial charge in [-0.3, -0.25) is 4.79 Å². The molecule has 0 unspecified atom stereocenters. The Bertz CT molecular complexity index is 1040. The third kappa shape index (κ3) is 5.99. The normalized spacial score (nSPS) is 16.5. The number of urea groups is 1. The van der Waals surface area contributed by atoms with E-state index in [1.54, 1.807) is 25.3 Å². The van der Waals surface area contributed by atoms with Crippen LogP contribution in [0.3, 0.4) is 0 Å². The lowest BCUT2D eigenvalue weighted by Gasteiger charge is -2.35. The zero-order valence-electron chi connectivity index (χ0n) is 20.9. The summed E-state index contributed by atoms with van der Waals surface area (Å²) in [4.78, 5) is 30.6. The molecule has 0 radical (unpaired) electrons. The van der Waals surface area contributed by atoms with E-state index in [9.17, 15) is 9.59 Å². The molecule has 2 aliphatic heterocycles. The minimum atomic E-state index is -0.413. The van der Waals surface area contributed by atoms with Crippen molar-refractivity contribution < 1.29 is 19.1 Å². The Morgan fingerprint density at radius 2 is 1.63 bits per heavy atom. The number of piperidine rings is 2. The molecule has 2 fully saturated rings. The average Bonchev–Trinajstić information content (AvgIpc) is 2.89. The van der Waals surface area contributed by atoms with E-state index in [0.717, 1.165) is 64.0 Å². The van der Waals surface area contributed by atoms with E-state index >= 15 is 0 Å². The van der Waals surface area contributed by atoms with Gasteiger partial charge in [-0.25, -0.2) is 4.79 Å². The van der Waals surface area contributed by atoms with Crippen molar-refractivity contribution in [1.82, 2.24) is 4.90 Å². The first kappa shape index (κ1) is 24.7. The first-order valence-electron chi connectivity index (χ1n) is 12.5. The van der Waals surface area contributed by atoms with Crippen molar-refractivity contribution in [2.24, 2.45) is 5.92 Å². The molecule has 0 aliphatic carbocycles. The second-order valence-electron chi connectivity index (χ2n) is 9.40. The minimum absolute atomic E-state index is 0.0409. The van der Waals surface area contributed by atoms with Gasteiger partial charge in [-0.05, 0) is 68.4 Å². The number of nitrogens with one attached hydrogen (secondary N) is 2. The summed E-state index contributed by atoms with van der Waals surface area (Å²) >= 11 is 0. The predicted octanol–water partition coefficient (Wildman–Crippen LogP) is 5.21. The summed E-state index contributed by atoms with van der Waals surface area (Å²) in [7, 11) is 3.11. The van der Waals surface area contributed by atoms with Crippen LogP contribution in [-0.2, 0) is 0 Å². The van der Waals surface area contributed by atoms with Crippen molar-refractivity contribution in [3.05, 3.63) is 42.0 Å². The summed E-state index contributed by atoms with van der Waals surface area (Å²) in [5.74, 6) is 1.87. The maximum atomic E-state index is 13.5. The smallest absolute Gasteiger partial charge is 0.323 e. The number of ether oxygens (including phenoxy) is 2. The third-order valence-electron chi connectivity index (χ3n) is 6.91. The molecule has 0 bridgehead atoms. The summed E-state index contributed by atoms with van der Waals surface area (Å²) in [6.45, 7) is 5.72. The van der Waals surface area contributed by atoms with Gasteiger partial charge in [0.15, 0.2) is 0 Å². The van der Waals surface area contributed by atoms with Gasteiger partial charge in [-0.1, -0.05) is 6.92 Å². The SMILES string of the molecule is COc1ccc(NC(=O)Nc2ccc(N3CCC(C)CC3)c(C(=O)N3CCCCC3)c2)c(OC)c1. The lowest BCUT2D eigenvalue weighted by Crippen LogP contribution is -2.38. The Labute approximate surface area is 207 Å². The number of carbonyl (C=O) groups is 2. The molecule has 2 aromatic rings.